The van der Waals surface area contributed by atoms with E-state index in [4.69, 9.17) is 9.78 Å². The van der Waals surface area contributed by atoms with Gasteiger partial charge in [0.25, 0.3) is 0 Å². The first-order valence-corrected chi connectivity index (χ1v) is 6.09. The molecule has 0 aliphatic carbocycles. The van der Waals surface area contributed by atoms with Crippen LogP contribution < -0.4 is 0 Å². The van der Waals surface area contributed by atoms with E-state index in [1.165, 1.54) is 12.1 Å². The van der Waals surface area contributed by atoms with Gasteiger partial charge in [-0.25, -0.2) is 4.39 Å². The van der Waals surface area contributed by atoms with Crippen molar-refractivity contribution >= 4 is 0 Å². The zero-order valence-electron chi connectivity index (χ0n) is 10.9. The first-order chi connectivity index (χ1) is 9.11. The monoisotopic (exact) mass is 259 g/mol. The Morgan fingerprint density at radius 1 is 1.47 bits per heavy atom. The molecule has 1 aromatic carbocycles. The van der Waals surface area contributed by atoms with Crippen LogP contribution >= 0.6 is 0 Å². The molecule has 5 heteroatoms. The highest BCUT2D eigenvalue weighted by molar-refractivity contribution is 5.59. The number of nitrogens with zero attached hydrogens (tertiary/aromatic N) is 3. The van der Waals surface area contributed by atoms with E-state index in [0.29, 0.717) is 24.6 Å². The van der Waals surface area contributed by atoms with Crippen molar-refractivity contribution < 1.29 is 8.91 Å². The predicted molar refractivity (Wildman–Crippen MR) is 67.7 cm³/mol. The van der Waals surface area contributed by atoms with Crippen LogP contribution in [0.2, 0.25) is 0 Å². The standard InChI is InChI=1S/C14H14FN3O/c1-9(4-3-7-16)14-17-13(18-19-14)12-6-5-11(15)8-10(12)2/h5-6,8-9H,3-4H2,1-2H3. The van der Waals surface area contributed by atoms with Crippen molar-refractivity contribution in [3.8, 4) is 17.5 Å². The maximum Gasteiger partial charge on any atom is 0.229 e. The first-order valence-electron chi connectivity index (χ1n) is 6.09. The first kappa shape index (κ1) is 13.2. The second-order valence-electron chi connectivity index (χ2n) is 4.51. The molecule has 0 amide bonds. The summed E-state index contributed by atoms with van der Waals surface area (Å²) in [7, 11) is 0. The maximum absolute atomic E-state index is 13.0. The Kier molecular flexibility index (Phi) is 3.91. The van der Waals surface area contributed by atoms with Crippen molar-refractivity contribution in [2.45, 2.75) is 32.6 Å². The summed E-state index contributed by atoms with van der Waals surface area (Å²) < 4.78 is 18.2. The fraction of sp³-hybridized carbons (Fsp3) is 0.357. The van der Waals surface area contributed by atoms with E-state index in [0.717, 1.165) is 11.1 Å². The summed E-state index contributed by atoms with van der Waals surface area (Å²) in [6, 6.07) is 6.54. The Morgan fingerprint density at radius 2 is 2.26 bits per heavy atom. The van der Waals surface area contributed by atoms with Gasteiger partial charge in [0.1, 0.15) is 5.82 Å². The second-order valence-corrected chi connectivity index (χ2v) is 4.51. The van der Waals surface area contributed by atoms with E-state index in [9.17, 15) is 4.39 Å². The molecular formula is C14H14FN3O. The van der Waals surface area contributed by atoms with E-state index in [-0.39, 0.29) is 11.7 Å². The predicted octanol–water partition coefficient (Wildman–Crippen LogP) is 3.59. The van der Waals surface area contributed by atoms with Crippen molar-refractivity contribution in [1.82, 2.24) is 10.1 Å². The minimum Gasteiger partial charge on any atom is -0.339 e. The molecule has 1 aromatic heterocycles. The lowest BCUT2D eigenvalue weighted by molar-refractivity contribution is 0.355. The molecule has 0 N–H and O–H groups in total. The highest BCUT2D eigenvalue weighted by Gasteiger charge is 2.16. The van der Waals surface area contributed by atoms with Crippen LogP contribution in [0.4, 0.5) is 4.39 Å². The van der Waals surface area contributed by atoms with Gasteiger partial charge in [-0.1, -0.05) is 12.1 Å². The SMILES string of the molecule is Cc1cc(F)ccc1-c1noc(C(C)CCC#N)n1. The minimum absolute atomic E-state index is 0.0432. The van der Waals surface area contributed by atoms with Crippen LogP contribution in [0.3, 0.4) is 0 Å². The fourth-order valence-electron chi connectivity index (χ4n) is 1.83. The Balaban J connectivity index is 2.23. The normalized spacial score (nSPS) is 12.1. The van der Waals surface area contributed by atoms with E-state index < -0.39 is 0 Å². The molecule has 2 rings (SSSR count). The number of benzene rings is 1. The van der Waals surface area contributed by atoms with E-state index in [2.05, 4.69) is 16.2 Å². The number of hydrogen-bond acceptors (Lipinski definition) is 4. The molecule has 2 aromatic rings. The van der Waals surface area contributed by atoms with Gasteiger partial charge in [-0.15, -0.1) is 0 Å². The average Bonchev–Trinajstić information content (AvgIpc) is 2.85. The highest BCUT2D eigenvalue weighted by Crippen LogP contribution is 2.25. The third kappa shape index (κ3) is 2.97. The summed E-state index contributed by atoms with van der Waals surface area (Å²) in [5, 5.41) is 12.5. The van der Waals surface area contributed by atoms with E-state index in [1.54, 1.807) is 13.0 Å². The molecule has 0 aliphatic rings. The van der Waals surface area contributed by atoms with Gasteiger partial charge in [0.2, 0.25) is 11.7 Å². The zero-order valence-corrected chi connectivity index (χ0v) is 10.9. The Hall–Kier alpha value is -2.22. The number of hydrogen-bond donors (Lipinski definition) is 0. The van der Waals surface area contributed by atoms with Crippen molar-refractivity contribution in [3.63, 3.8) is 0 Å². The molecule has 0 radical (unpaired) electrons. The van der Waals surface area contributed by atoms with Crippen LogP contribution in [0.1, 0.15) is 37.1 Å². The smallest absolute Gasteiger partial charge is 0.229 e. The molecule has 0 saturated carbocycles. The van der Waals surface area contributed by atoms with Gasteiger partial charge < -0.3 is 4.52 Å². The number of aryl methyl sites for hydroxylation is 1. The molecule has 0 bridgehead atoms. The molecule has 98 valence electrons. The molecule has 0 aliphatic heterocycles. The largest absolute Gasteiger partial charge is 0.339 e. The van der Waals surface area contributed by atoms with Gasteiger partial charge in [-0.05, 0) is 37.1 Å². The van der Waals surface area contributed by atoms with Gasteiger partial charge in [0, 0.05) is 17.9 Å². The van der Waals surface area contributed by atoms with Crippen molar-refractivity contribution in [2.75, 3.05) is 0 Å². The van der Waals surface area contributed by atoms with Gasteiger partial charge in [0.15, 0.2) is 0 Å². The Morgan fingerprint density at radius 3 is 2.95 bits per heavy atom. The van der Waals surface area contributed by atoms with Crippen LogP contribution in [-0.4, -0.2) is 10.1 Å². The van der Waals surface area contributed by atoms with Crippen LogP contribution in [0, 0.1) is 24.1 Å². The summed E-state index contributed by atoms with van der Waals surface area (Å²) in [5.74, 6) is 0.722. The maximum atomic E-state index is 13.0. The number of halogens is 1. The van der Waals surface area contributed by atoms with Crippen LogP contribution in [0.5, 0.6) is 0 Å². The second kappa shape index (κ2) is 5.61. The third-order valence-electron chi connectivity index (χ3n) is 2.98. The van der Waals surface area contributed by atoms with Crippen molar-refractivity contribution in [3.05, 3.63) is 35.5 Å². The lowest BCUT2D eigenvalue weighted by Crippen LogP contribution is -1.94. The number of rotatable bonds is 4. The van der Waals surface area contributed by atoms with E-state index >= 15 is 0 Å². The van der Waals surface area contributed by atoms with Crippen molar-refractivity contribution in [1.29, 1.82) is 5.26 Å². The van der Waals surface area contributed by atoms with Crippen LogP contribution in [0.15, 0.2) is 22.7 Å². The quantitative estimate of drug-likeness (QED) is 0.841. The Bertz CT molecular complexity index is 615. The van der Waals surface area contributed by atoms with E-state index in [1.807, 2.05) is 6.92 Å². The molecule has 19 heavy (non-hydrogen) atoms. The highest BCUT2D eigenvalue weighted by atomic mass is 19.1. The topological polar surface area (TPSA) is 62.7 Å². The zero-order chi connectivity index (χ0) is 13.8. The van der Waals surface area contributed by atoms with Gasteiger partial charge in [-0.2, -0.15) is 10.2 Å². The lowest BCUT2D eigenvalue weighted by Gasteiger charge is -2.01. The van der Waals surface area contributed by atoms with Crippen LogP contribution in [0.25, 0.3) is 11.4 Å². The summed E-state index contributed by atoms with van der Waals surface area (Å²) in [6.45, 7) is 3.74. The molecule has 4 nitrogen and oxygen atoms in total. The third-order valence-corrected chi connectivity index (χ3v) is 2.98. The molecule has 1 atom stereocenters. The molecule has 0 saturated heterocycles. The van der Waals surface area contributed by atoms with Crippen LogP contribution in [-0.2, 0) is 0 Å². The summed E-state index contributed by atoms with van der Waals surface area (Å²) >= 11 is 0. The molecule has 0 spiro atoms. The fourth-order valence-corrected chi connectivity index (χ4v) is 1.83. The lowest BCUT2D eigenvalue weighted by atomic mass is 10.1. The summed E-state index contributed by atoms with van der Waals surface area (Å²) in [5.41, 5.74) is 1.51. The van der Waals surface area contributed by atoms with Gasteiger partial charge in [0.05, 0.1) is 6.07 Å². The molecule has 1 unspecified atom stereocenters. The molecule has 0 fully saturated rings. The molecule has 1 heterocycles. The molecular weight excluding hydrogens is 245 g/mol. The van der Waals surface area contributed by atoms with Gasteiger partial charge in [-0.3, -0.25) is 0 Å². The number of nitriles is 1. The van der Waals surface area contributed by atoms with Gasteiger partial charge >= 0.3 is 0 Å². The summed E-state index contributed by atoms with van der Waals surface area (Å²) in [6.07, 6.45) is 1.13. The average molecular weight is 259 g/mol. The van der Waals surface area contributed by atoms with Crippen molar-refractivity contribution in [2.24, 2.45) is 0 Å². The minimum atomic E-state index is -0.285. The summed E-state index contributed by atoms with van der Waals surface area (Å²) in [4.78, 5) is 4.31. The number of aromatic nitrogens is 2. The Labute approximate surface area is 110 Å².